The molecule has 0 fully saturated rings. The predicted molar refractivity (Wildman–Crippen MR) is 82.2 cm³/mol. The van der Waals surface area contributed by atoms with Crippen molar-refractivity contribution in [2.24, 2.45) is 0 Å². The first kappa shape index (κ1) is 16.3. The Morgan fingerprint density at radius 1 is 1.30 bits per heavy atom. The molecule has 20 heavy (non-hydrogen) atoms. The van der Waals surface area contributed by atoms with E-state index >= 15 is 0 Å². The number of methoxy groups -OCH3 is 1. The number of nitrogens with two attached hydrogens (primary N) is 1. The van der Waals surface area contributed by atoms with E-state index in [0.29, 0.717) is 30.1 Å². The molecule has 0 aliphatic rings. The van der Waals surface area contributed by atoms with Gasteiger partial charge in [-0.25, -0.2) is 0 Å². The van der Waals surface area contributed by atoms with E-state index in [4.69, 9.17) is 10.5 Å². The van der Waals surface area contributed by atoms with Crippen LogP contribution in [0.5, 0.6) is 5.75 Å². The van der Waals surface area contributed by atoms with Gasteiger partial charge in [-0.1, -0.05) is 6.07 Å². The summed E-state index contributed by atoms with van der Waals surface area (Å²) < 4.78 is 5.25. The first-order chi connectivity index (χ1) is 9.51. The lowest BCUT2D eigenvalue weighted by Crippen LogP contribution is -2.34. The molecule has 5 heteroatoms. The second-order valence-electron chi connectivity index (χ2n) is 4.97. The Hall–Kier alpha value is -1.75. The molecule has 0 saturated heterocycles. The average Bonchev–Trinajstić information content (AvgIpc) is 2.42. The zero-order valence-electron chi connectivity index (χ0n) is 12.8. The molecule has 0 radical (unpaired) electrons. The molecule has 0 aliphatic heterocycles. The maximum atomic E-state index is 12.6. The number of anilines is 1. The predicted octanol–water partition coefficient (Wildman–Crippen LogP) is 1.69. The van der Waals surface area contributed by atoms with E-state index in [1.807, 2.05) is 21.0 Å². The van der Waals surface area contributed by atoms with Crippen molar-refractivity contribution in [2.45, 2.75) is 13.3 Å². The molecule has 1 aromatic rings. The van der Waals surface area contributed by atoms with Crippen molar-refractivity contribution in [3.8, 4) is 5.75 Å². The molecule has 0 aromatic heterocycles. The van der Waals surface area contributed by atoms with Crippen LogP contribution in [0.1, 0.15) is 23.7 Å². The van der Waals surface area contributed by atoms with E-state index in [2.05, 4.69) is 4.90 Å². The van der Waals surface area contributed by atoms with Gasteiger partial charge in [0.25, 0.3) is 5.91 Å². The number of hydrogen-bond donors (Lipinski definition) is 1. The number of hydrogen-bond acceptors (Lipinski definition) is 4. The fourth-order valence-electron chi connectivity index (χ4n) is 2.09. The Morgan fingerprint density at radius 2 is 2.00 bits per heavy atom. The molecule has 5 nitrogen and oxygen atoms in total. The van der Waals surface area contributed by atoms with Crippen molar-refractivity contribution in [3.05, 3.63) is 23.8 Å². The highest BCUT2D eigenvalue weighted by atomic mass is 16.5. The SMILES string of the molecule is CCN(CCCN(C)C)C(=O)c1c(N)cccc1OC. The fraction of sp³-hybridized carbons (Fsp3) is 0.533. The van der Waals surface area contributed by atoms with Crippen LogP contribution >= 0.6 is 0 Å². The van der Waals surface area contributed by atoms with Crippen molar-refractivity contribution >= 4 is 11.6 Å². The topological polar surface area (TPSA) is 58.8 Å². The van der Waals surface area contributed by atoms with Crippen LogP contribution in [0.2, 0.25) is 0 Å². The van der Waals surface area contributed by atoms with Gasteiger partial charge in [-0.15, -0.1) is 0 Å². The highest BCUT2D eigenvalue weighted by Crippen LogP contribution is 2.25. The van der Waals surface area contributed by atoms with Crippen molar-refractivity contribution < 1.29 is 9.53 Å². The van der Waals surface area contributed by atoms with Gasteiger partial charge < -0.3 is 20.3 Å². The molecule has 1 aromatic carbocycles. The Labute approximate surface area is 121 Å². The number of amides is 1. The van der Waals surface area contributed by atoms with Gasteiger partial charge in [0.1, 0.15) is 11.3 Å². The maximum Gasteiger partial charge on any atom is 0.259 e. The number of rotatable bonds is 7. The summed E-state index contributed by atoms with van der Waals surface area (Å²) in [6.07, 6.45) is 0.932. The van der Waals surface area contributed by atoms with Crippen molar-refractivity contribution in [2.75, 3.05) is 46.6 Å². The third-order valence-electron chi connectivity index (χ3n) is 3.19. The number of nitrogens with zero attached hydrogens (tertiary/aromatic N) is 2. The molecule has 1 amide bonds. The third kappa shape index (κ3) is 4.13. The van der Waals surface area contributed by atoms with Gasteiger partial charge in [-0.3, -0.25) is 4.79 Å². The van der Waals surface area contributed by atoms with Crippen LogP contribution in [0, 0.1) is 0 Å². The number of nitrogen functional groups attached to an aromatic ring is 1. The monoisotopic (exact) mass is 279 g/mol. The van der Waals surface area contributed by atoms with Crippen LogP contribution in [0.3, 0.4) is 0 Å². The van der Waals surface area contributed by atoms with Crippen LogP contribution < -0.4 is 10.5 Å². The summed E-state index contributed by atoms with van der Waals surface area (Å²) in [5.74, 6) is 0.460. The summed E-state index contributed by atoms with van der Waals surface area (Å²) in [5.41, 5.74) is 6.85. The molecule has 0 unspecified atom stereocenters. The van der Waals surface area contributed by atoms with Crippen molar-refractivity contribution in [1.82, 2.24) is 9.80 Å². The zero-order chi connectivity index (χ0) is 15.1. The third-order valence-corrected chi connectivity index (χ3v) is 3.19. The number of carbonyl (C=O) groups excluding carboxylic acids is 1. The zero-order valence-corrected chi connectivity index (χ0v) is 12.8. The summed E-state index contributed by atoms with van der Waals surface area (Å²) in [4.78, 5) is 16.5. The van der Waals surface area contributed by atoms with E-state index in [1.54, 1.807) is 30.2 Å². The van der Waals surface area contributed by atoms with Crippen LogP contribution in [0.25, 0.3) is 0 Å². The molecule has 0 heterocycles. The second-order valence-corrected chi connectivity index (χ2v) is 4.97. The highest BCUT2D eigenvalue weighted by Gasteiger charge is 2.20. The molecule has 0 atom stereocenters. The minimum atomic E-state index is -0.0683. The molecular formula is C15H25N3O2. The quantitative estimate of drug-likeness (QED) is 0.772. The maximum absolute atomic E-state index is 12.6. The van der Waals surface area contributed by atoms with Gasteiger partial charge in [0.05, 0.1) is 7.11 Å². The van der Waals surface area contributed by atoms with E-state index in [9.17, 15) is 4.79 Å². The normalized spacial score (nSPS) is 10.7. The van der Waals surface area contributed by atoms with Gasteiger partial charge in [0, 0.05) is 18.8 Å². The van der Waals surface area contributed by atoms with Gasteiger partial charge in [-0.05, 0) is 46.1 Å². The van der Waals surface area contributed by atoms with Gasteiger partial charge >= 0.3 is 0 Å². The fourth-order valence-corrected chi connectivity index (χ4v) is 2.09. The van der Waals surface area contributed by atoms with E-state index < -0.39 is 0 Å². The molecule has 0 saturated carbocycles. The first-order valence-corrected chi connectivity index (χ1v) is 6.87. The highest BCUT2D eigenvalue weighted by molar-refractivity contribution is 6.01. The van der Waals surface area contributed by atoms with E-state index in [-0.39, 0.29) is 5.91 Å². The minimum absolute atomic E-state index is 0.0683. The molecule has 2 N–H and O–H groups in total. The van der Waals surface area contributed by atoms with Crippen molar-refractivity contribution in [1.29, 1.82) is 0 Å². The molecule has 0 spiro atoms. The van der Waals surface area contributed by atoms with Crippen LogP contribution in [-0.4, -0.2) is 56.5 Å². The summed E-state index contributed by atoms with van der Waals surface area (Å²) in [7, 11) is 5.60. The Balaban J connectivity index is 2.86. The average molecular weight is 279 g/mol. The standard InChI is InChI=1S/C15H25N3O2/c1-5-18(11-7-10-17(2)3)15(19)14-12(16)8-6-9-13(14)20-4/h6,8-9H,5,7,10-11,16H2,1-4H3. The van der Waals surface area contributed by atoms with Crippen molar-refractivity contribution in [3.63, 3.8) is 0 Å². The molecule has 0 aliphatic carbocycles. The van der Waals surface area contributed by atoms with Gasteiger partial charge in [-0.2, -0.15) is 0 Å². The lowest BCUT2D eigenvalue weighted by atomic mass is 10.1. The smallest absolute Gasteiger partial charge is 0.259 e. The van der Waals surface area contributed by atoms with Gasteiger partial charge in [0.15, 0.2) is 0 Å². The van der Waals surface area contributed by atoms with Crippen LogP contribution in [0.15, 0.2) is 18.2 Å². The number of benzene rings is 1. The Bertz CT molecular complexity index is 447. The number of carbonyl (C=O) groups is 1. The molecule has 112 valence electrons. The largest absolute Gasteiger partial charge is 0.496 e. The van der Waals surface area contributed by atoms with E-state index in [0.717, 1.165) is 13.0 Å². The Kier molecular flexibility index (Phi) is 6.31. The summed E-state index contributed by atoms with van der Waals surface area (Å²) in [5, 5.41) is 0. The van der Waals surface area contributed by atoms with E-state index in [1.165, 1.54) is 0 Å². The first-order valence-electron chi connectivity index (χ1n) is 6.87. The summed E-state index contributed by atoms with van der Waals surface area (Å²) in [6, 6.07) is 5.27. The Morgan fingerprint density at radius 3 is 2.55 bits per heavy atom. The molecule has 0 bridgehead atoms. The van der Waals surface area contributed by atoms with Gasteiger partial charge in [0.2, 0.25) is 0 Å². The lowest BCUT2D eigenvalue weighted by Gasteiger charge is -2.23. The molecular weight excluding hydrogens is 254 g/mol. The minimum Gasteiger partial charge on any atom is -0.496 e. The van der Waals surface area contributed by atoms with Crippen LogP contribution in [-0.2, 0) is 0 Å². The summed E-state index contributed by atoms with van der Waals surface area (Å²) >= 11 is 0. The second kappa shape index (κ2) is 7.75. The summed E-state index contributed by atoms with van der Waals surface area (Å²) in [6.45, 7) is 4.29. The lowest BCUT2D eigenvalue weighted by molar-refractivity contribution is 0.0757. The number of ether oxygens (including phenoxy) is 1. The molecule has 1 rings (SSSR count). The van der Waals surface area contributed by atoms with Crippen LogP contribution in [0.4, 0.5) is 5.69 Å².